The molecule has 2 aliphatic rings. The van der Waals surface area contributed by atoms with Gasteiger partial charge in [0.1, 0.15) is 11.6 Å². The molecular weight excluding hydrogens is 528 g/mol. The number of carbonyl (C=O) groups is 1. The number of halogens is 3. The van der Waals surface area contributed by atoms with Crippen LogP contribution < -0.4 is 4.74 Å². The number of nitrogens with zero attached hydrogens (tertiary/aromatic N) is 1. The van der Waals surface area contributed by atoms with E-state index >= 15 is 0 Å². The van der Waals surface area contributed by atoms with Crippen molar-refractivity contribution >= 4 is 29.2 Å². The van der Waals surface area contributed by atoms with E-state index in [9.17, 15) is 9.18 Å². The Labute approximate surface area is 236 Å². The zero-order valence-electron chi connectivity index (χ0n) is 23.3. The highest BCUT2D eigenvalue weighted by atomic mass is 35.5. The van der Waals surface area contributed by atoms with Crippen molar-refractivity contribution < 1.29 is 23.4 Å². The Balaban J connectivity index is 0.00000195. The van der Waals surface area contributed by atoms with Gasteiger partial charge in [0.25, 0.3) is 0 Å². The van der Waals surface area contributed by atoms with Gasteiger partial charge < -0.3 is 14.2 Å². The maximum atomic E-state index is 14.6. The van der Waals surface area contributed by atoms with Gasteiger partial charge in [-0.15, -0.1) is 0 Å². The summed E-state index contributed by atoms with van der Waals surface area (Å²) < 4.78 is 31.4. The Morgan fingerprint density at radius 1 is 1.03 bits per heavy atom. The number of benzene rings is 2. The Morgan fingerprint density at radius 3 is 2.16 bits per heavy atom. The van der Waals surface area contributed by atoms with Gasteiger partial charge in [-0.05, 0) is 99.8 Å². The molecule has 8 heteroatoms. The van der Waals surface area contributed by atoms with Crippen molar-refractivity contribution in [2.24, 2.45) is 5.92 Å². The molecule has 0 bridgehead atoms. The van der Waals surface area contributed by atoms with Gasteiger partial charge in [0.05, 0.1) is 30.9 Å². The lowest BCUT2D eigenvalue weighted by atomic mass is 9.87. The van der Waals surface area contributed by atoms with Crippen LogP contribution in [0.2, 0.25) is 10.0 Å². The molecule has 1 atom stereocenters. The summed E-state index contributed by atoms with van der Waals surface area (Å²) in [5.74, 6) is -0.0842. The van der Waals surface area contributed by atoms with Crippen molar-refractivity contribution in [3.05, 3.63) is 62.9 Å². The second-order valence-corrected chi connectivity index (χ2v) is 11.2. The first kappa shape index (κ1) is 30.7. The minimum Gasteiger partial charge on any atom is -0.493 e. The first-order chi connectivity index (χ1) is 18.1. The number of piperidine rings is 1. The number of hydrogen-bond acceptors (Lipinski definition) is 5. The van der Waals surface area contributed by atoms with Crippen molar-refractivity contribution in [1.82, 2.24) is 4.90 Å². The Hall–Kier alpha value is -1.86. The van der Waals surface area contributed by atoms with Crippen molar-refractivity contribution in [1.29, 1.82) is 0 Å². The van der Waals surface area contributed by atoms with Crippen LogP contribution >= 0.6 is 23.2 Å². The lowest BCUT2D eigenvalue weighted by molar-refractivity contribution is -0.0644. The van der Waals surface area contributed by atoms with Crippen molar-refractivity contribution in [3.8, 4) is 5.75 Å². The molecule has 0 radical (unpaired) electrons. The van der Waals surface area contributed by atoms with E-state index in [1.807, 2.05) is 26.0 Å². The van der Waals surface area contributed by atoms with E-state index in [0.29, 0.717) is 34.2 Å². The lowest BCUT2D eigenvalue weighted by Gasteiger charge is -2.44. The average Bonchev–Trinajstić information content (AvgIpc) is 3.74. The number of methoxy groups -OCH3 is 2. The van der Waals surface area contributed by atoms with Crippen LogP contribution in [0.1, 0.15) is 86.8 Å². The third-order valence-electron chi connectivity index (χ3n) is 7.40. The van der Waals surface area contributed by atoms with Crippen LogP contribution in [0.15, 0.2) is 30.3 Å². The smallest absolute Gasteiger partial charge is 0.340 e. The minimum absolute atomic E-state index is 0.0120. The maximum absolute atomic E-state index is 14.6. The monoisotopic (exact) mass is 567 g/mol. The van der Waals surface area contributed by atoms with E-state index in [1.54, 1.807) is 19.2 Å². The van der Waals surface area contributed by atoms with Crippen LogP contribution in [0.4, 0.5) is 4.39 Å². The Bertz CT molecular complexity index is 1080. The van der Waals surface area contributed by atoms with Gasteiger partial charge in [0, 0.05) is 23.2 Å². The Morgan fingerprint density at radius 2 is 1.63 bits per heavy atom. The lowest BCUT2D eigenvalue weighted by Crippen LogP contribution is -2.47. The Kier molecular flexibility index (Phi) is 10.9. The van der Waals surface area contributed by atoms with Gasteiger partial charge in [-0.3, -0.25) is 4.90 Å². The van der Waals surface area contributed by atoms with E-state index in [2.05, 4.69) is 18.7 Å². The molecule has 0 aromatic heterocycles. The van der Waals surface area contributed by atoms with Crippen molar-refractivity contribution in [2.45, 2.75) is 70.9 Å². The average molecular weight is 569 g/mol. The molecule has 0 amide bonds. The molecule has 210 valence electrons. The van der Waals surface area contributed by atoms with Crippen LogP contribution in [0.25, 0.3) is 0 Å². The predicted molar refractivity (Wildman–Crippen MR) is 151 cm³/mol. The molecule has 38 heavy (non-hydrogen) atoms. The summed E-state index contributed by atoms with van der Waals surface area (Å²) in [6.45, 7) is 10.4. The van der Waals surface area contributed by atoms with Gasteiger partial charge in [-0.2, -0.15) is 0 Å². The highest BCUT2D eigenvalue weighted by Gasteiger charge is 2.38. The van der Waals surface area contributed by atoms with E-state index in [0.717, 1.165) is 49.9 Å². The summed E-state index contributed by atoms with van der Waals surface area (Å²) in [5, 5.41) is 1.21. The zero-order chi connectivity index (χ0) is 28.0. The van der Waals surface area contributed by atoms with E-state index in [1.165, 1.54) is 13.2 Å². The van der Waals surface area contributed by atoms with E-state index in [-0.39, 0.29) is 11.6 Å². The van der Waals surface area contributed by atoms with Crippen LogP contribution in [-0.4, -0.2) is 50.4 Å². The largest absolute Gasteiger partial charge is 0.493 e. The number of likely N-dealkylation sites (tertiary alicyclic amines) is 1. The predicted octanol–water partition coefficient (Wildman–Crippen LogP) is 8.08. The topological polar surface area (TPSA) is 48.0 Å². The summed E-state index contributed by atoms with van der Waals surface area (Å²) in [7, 11) is 2.98. The van der Waals surface area contributed by atoms with Gasteiger partial charge >= 0.3 is 5.97 Å². The first-order valence-electron chi connectivity index (χ1n) is 13.4. The molecule has 1 heterocycles. The second kappa shape index (κ2) is 13.5. The molecule has 0 spiro atoms. The molecule has 1 aliphatic carbocycles. The SMILES string of the molecule is CC.COC(=O)c1cc(C2CC2)c(OCC2CCN(C(c3cc(Cl)cc(Cl)c3)C(C)(C)OC)CC2)cc1F. The van der Waals surface area contributed by atoms with Crippen molar-refractivity contribution in [3.63, 3.8) is 0 Å². The fourth-order valence-electron chi connectivity index (χ4n) is 5.16. The molecule has 2 aromatic carbocycles. The molecule has 4 rings (SSSR count). The highest BCUT2D eigenvalue weighted by molar-refractivity contribution is 6.34. The molecule has 5 nitrogen and oxygen atoms in total. The van der Waals surface area contributed by atoms with Crippen molar-refractivity contribution in [2.75, 3.05) is 33.9 Å². The quantitative estimate of drug-likeness (QED) is 0.286. The molecule has 2 aromatic rings. The summed E-state index contributed by atoms with van der Waals surface area (Å²) in [5.41, 5.74) is 1.45. The normalized spacial score (nSPS) is 17.4. The molecule has 2 fully saturated rings. The number of carbonyl (C=O) groups excluding carboxylic acids is 1. The second-order valence-electron chi connectivity index (χ2n) is 10.3. The van der Waals surface area contributed by atoms with Crippen LogP contribution in [0.3, 0.4) is 0 Å². The molecule has 0 N–H and O–H groups in total. The highest BCUT2D eigenvalue weighted by Crippen LogP contribution is 2.45. The first-order valence-corrected chi connectivity index (χ1v) is 14.2. The van der Waals surface area contributed by atoms with Crippen LogP contribution in [0.5, 0.6) is 5.75 Å². The fraction of sp³-hybridized carbons (Fsp3) is 0.567. The van der Waals surface area contributed by atoms with Gasteiger partial charge in [0.2, 0.25) is 0 Å². The van der Waals surface area contributed by atoms with Gasteiger partial charge in [-0.25, -0.2) is 9.18 Å². The standard InChI is InChI=1S/C28H34Cl2FNO4.C2H6/c1-28(2,35-4)26(19-11-20(29)13-21(30)12-19)32-9-7-17(8-10-32)16-36-25-15-24(31)23(27(33)34-3)14-22(25)18-5-6-18;1-2/h11-15,17-18,26H,5-10,16H2,1-4H3;1-2H3. The van der Waals surface area contributed by atoms with E-state index in [4.69, 9.17) is 37.4 Å². The fourth-order valence-corrected chi connectivity index (χ4v) is 5.70. The number of esters is 1. The molecule has 1 saturated heterocycles. The van der Waals surface area contributed by atoms with E-state index < -0.39 is 17.4 Å². The summed E-state index contributed by atoms with van der Waals surface area (Å²) in [4.78, 5) is 14.4. The summed E-state index contributed by atoms with van der Waals surface area (Å²) in [6, 6.07) is 8.59. The molecule has 1 unspecified atom stereocenters. The summed E-state index contributed by atoms with van der Waals surface area (Å²) >= 11 is 12.6. The molecule has 1 saturated carbocycles. The minimum atomic E-state index is -0.664. The van der Waals surface area contributed by atoms with Crippen LogP contribution in [0, 0.1) is 11.7 Å². The molecular formula is C30H40Cl2FNO4. The molecule has 1 aliphatic heterocycles. The summed E-state index contributed by atoms with van der Waals surface area (Å²) in [6.07, 6.45) is 3.91. The number of hydrogen-bond donors (Lipinski definition) is 0. The number of ether oxygens (including phenoxy) is 3. The van der Waals surface area contributed by atoms with Gasteiger partial charge in [-0.1, -0.05) is 37.0 Å². The third kappa shape index (κ3) is 7.41. The third-order valence-corrected chi connectivity index (χ3v) is 7.83. The van der Waals surface area contributed by atoms with Gasteiger partial charge in [0.15, 0.2) is 0 Å². The van der Waals surface area contributed by atoms with Crippen LogP contribution in [-0.2, 0) is 9.47 Å². The maximum Gasteiger partial charge on any atom is 0.340 e. The number of rotatable bonds is 9. The zero-order valence-corrected chi connectivity index (χ0v) is 24.8.